The van der Waals surface area contributed by atoms with Crippen LogP contribution >= 0.6 is 0 Å². The molecule has 7 heteroatoms. The lowest BCUT2D eigenvalue weighted by Gasteiger charge is -2.10. The largest absolute Gasteiger partial charge is 0.417 e. The van der Waals surface area contributed by atoms with Gasteiger partial charge in [0.05, 0.1) is 28.4 Å². The molecule has 104 valence electrons. The average molecular weight is 288 g/mol. The fraction of sp³-hybridized carbons (Fsp3) is 0.0714. The Morgan fingerprint density at radius 3 is 2.57 bits per heavy atom. The number of benzene rings is 2. The number of nitriles is 1. The van der Waals surface area contributed by atoms with Crippen LogP contribution in [0.3, 0.4) is 0 Å². The molecule has 0 saturated carbocycles. The molecule has 0 unspecified atom stereocenters. The summed E-state index contributed by atoms with van der Waals surface area (Å²) in [6.45, 7) is 0. The highest BCUT2D eigenvalue weighted by molar-refractivity contribution is 5.76. The van der Waals surface area contributed by atoms with E-state index in [1.807, 2.05) is 0 Å². The van der Waals surface area contributed by atoms with Crippen LogP contribution in [0.5, 0.6) is 0 Å². The van der Waals surface area contributed by atoms with Gasteiger partial charge in [0.25, 0.3) is 0 Å². The van der Waals surface area contributed by atoms with Crippen molar-refractivity contribution in [3.05, 3.63) is 53.6 Å². The highest BCUT2D eigenvalue weighted by Crippen LogP contribution is 2.32. The third kappa shape index (κ3) is 2.21. The smallest absolute Gasteiger partial charge is 0.213 e. The number of nitrogens with zero attached hydrogens (tertiary/aromatic N) is 4. The first-order chi connectivity index (χ1) is 10.0. The third-order valence-corrected chi connectivity index (χ3v) is 3.03. The van der Waals surface area contributed by atoms with Crippen LogP contribution in [0.1, 0.15) is 11.1 Å². The second-order valence-electron chi connectivity index (χ2n) is 4.33. The Morgan fingerprint density at radius 2 is 1.86 bits per heavy atom. The van der Waals surface area contributed by atoms with E-state index in [4.69, 9.17) is 5.26 Å². The molecule has 0 aliphatic heterocycles. The standard InChI is InChI=1S/C14H7F3N4/c15-14(16,17)11-6-5-10(7-9(11)8-18)21-13-4-2-1-3-12(13)19-20-21/h1-7H. The van der Waals surface area contributed by atoms with Crippen LogP contribution in [0, 0.1) is 11.3 Å². The molecule has 3 aromatic rings. The predicted octanol–water partition coefficient (Wildman–Crippen LogP) is 3.31. The van der Waals surface area contributed by atoms with Crippen LogP contribution in [0.15, 0.2) is 42.5 Å². The number of hydrogen-bond acceptors (Lipinski definition) is 3. The molecular formula is C14H7F3N4. The molecule has 4 nitrogen and oxygen atoms in total. The second kappa shape index (κ2) is 4.59. The van der Waals surface area contributed by atoms with E-state index < -0.39 is 17.3 Å². The summed E-state index contributed by atoms with van der Waals surface area (Å²) in [4.78, 5) is 0. The number of alkyl halides is 3. The normalized spacial score (nSPS) is 11.5. The molecule has 1 heterocycles. The summed E-state index contributed by atoms with van der Waals surface area (Å²) in [7, 11) is 0. The summed E-state index contributed by atoms with van der Waals surface area (Å²) < 4.78 is 39.7. The topological polar surface area (TPSA) is 54.5 Å². The summed E-state index contributed by atoms with van der Waals surface area (Å²) in [6.07, 6.45) is -4.56. The van der Waals surface area contributed by atoms with E-state index in [0.717, 1.165) is 12.1 Å². The predicted molar refractivity (Wildman–Crippen MR) is 68.6 cm³/mol. The molecule has 2 aromatic carbocycles. The maximum atomic E-state index is 12.8. The van der Waals surface area contributed by atoms with Crippen LogP contribution in [-0.4, -0.2) is 15.0 Å². The van der Waals surface area contributed by atoms with Gasteiger partial charge in [0, 0.05) is 0 Å². The molecule has 0 fully saturated rings. The summed E-state index contributed by atoms with van der Waals surface area (Å²) in [5.74, 6) is 0. The van der Waals surface area contributed by atoms with Gasteiger partial charge in [0.1, 0.15) is 5.52 Å². The van der Waals surface area contributed by atoms with Gasteiger partial charge in [-0.15, -0.1) is 5.10 Å². The molecule has 0 N–H and O–H groups in total. The first-order valence-corrected chi connectivity index (χ1v) is 5.93. The number of rotatable bonds is 1. The van der Waals surface area contributed by atoms with Crippen LogP contribution in [0.2, 0.25) is 0 Å². The zero-order chi connectivity index (χ0) is 15.0. The lowest BCUT2D eigenvalue weighted by molar-refractivity contribution is -0.137. The van der Waals surface area contributed by atoms with Gasteiger partial charge in [-0.3, -0.25) is 0 Å². The quantitative estimate of drug-likeness (QED) is 0.690. The molecule has 0 aliphatic carbocycles. The molecule has 0 amide bonds. The van der Waals surface area contributed by atoms with E-state index in [-0.39, 0.29) is 0 Å². The molecule has 21 heavy (non-hydrogen) atoms. The van der Waals surface area contributed by atoms with Gasteiger partial charge < -0.3 is 0 Å². The average Bonchev–Trinajstić information content (AvgIpc) is 2.89. The van der Waals surface area contributed by atoms with Gasteiger partial charge in [-0.25, -0.2) is 4.68 Å². The zero-order valence-electron chi connectivity index (χ0n) is 10.5. The lowest BCUT2D eigenvalue weighted by atomic mass is 10.1. The Kier molecular flexibility index (Phi) is 2.87. The summed E-state index contributed by atoms with van der Waals surface area (Å²) >= 11 is 0. The second-order valence-corrected chi connectivity index (χ2v) is 4.33. The minimum atomic E-state index is -4.56. The first-order valence-electron chi connectivity index (χ1n) is 5.93. The maximum absolute atomic E-state index is 12.8. The number of halogens is 3. The summed E-state index contributed by atoms with van der Waals surface area (Å²) in [6, 6.07) is 11.9. The summed E-state index contributed by atoms with van der Waals surface area (Å²) in [5.41, 5.74) is 0.225. The Hall–Kier alpha value is -2.88. The van der Waals surface area contributed by atoms with Crippen LogP contribution < -0.4 is 0 Å². The van der Waals surface area contributed by atoms with Crippen molar-refractivity contribution in [2.45, 2.75) is 6.18 Å². The molecule has 0 saturated heterocycles. The molecule has 0 spiro atoms. The molecule has 1 aromatic heterocycles. The highest BCUT2D eigenvalue weighted by Gasteiger charge is 2.33. The van der Waals surface area contributed by atoms with Crippen LogP contribution in [0.4, 0.5) is 13.2 Å². The number of aromatic nitrogens is 3. The molecular weight excluding hydrogens is 281 g/mol. The van der Waals surface area contributed by atoms with Crippen molar-refractivity contribution in [1.82, 2.24) is 15.0 Å². The van der Waals surface area contributed by atoms with Crippen molar-refractivity contribution in [1.29, 1.82) is 5.26 Å². The van der Waals surface area contributed by atoms with Gasteiger partial charge in [0.15, 0.2) is 0 Å². The number of fused-ring (bicyclic) bond motifs is 1. The van der Waals surface area contributed by atoms with Gasteiger partial charge in [-0.05, 0) is 30.3 Å². The van der Waals surface area contributed by atoms with E-state index in [1.165, 1.54) is 10.7 Å². The molecule has 0 atom stereocenters. The van der Waals surface area contributed by atoms with E-state index in [9.17, 15) is 13.2 Å². The van der Waals surface area contributed by atoms with E-state index in [0.29, 0.717) is 16.7 Å². The third-order valence-electron chi connectivity index (χ3n) is 3.03. The zero-order valence-corrected chi connectivity index (χ0v) is 10.5. The van der Waals surface area contributed by atoms with E-state index in [1.54, 1.807) is 30.3 Å². The Labute approximate surface area is 117 Å². The Morgan fingerprint density at radius 1 is 1.10 bits per heavy atom. The minimum Gasteiger partial charge on any atom is -0.213 e. The summed E-state index contributed by atoms with van der Waals surface area (Å²) in [5, 5.41) is 16.8. The van der Waals surface area contributed by atoms with E-state index in [2.05, 4.69) is 10.3 Å². The van der Waals surface area contributed by atoms with Crippen molar-refractivity contribution in [3.8, 4) is 11.8 Å². The van der Waals surface area contributed by atoms with Crippen molar-refractivity contribution >= 4 is 11.0 Å². The molecule has 0 aliphatic rings. The maximum Gasteiger partial charge on any atom is 0.417 e. The Balaban J connectivity index is 2.19. The van der Waals surface area contributed by atoms with Crippen LogP contribution in [-0.2, 0) is 6.18 Å². The Bertz CT molecular complexity index is 859. The van der Waals surface area contributed by atoms with Gasteiger partial charge in [-0.1, -0.05) is 17.3 Å². The monoisotopic (exact) mass is 288 g/mol. The van der Waals surface area contributed by atoms with Gasteiger partial charge in [-0.2, -0.15) is 18.4 Å². The van der Waals surface area contributed by atoms with Crippen molar-refractivity contribution in [2.24, 2.45) is 0 Å². The SMILES string of the molecule is N#Cc1cc(-n2nnc3ccccc32)ccc1C(F)(F)F. The number of hydrogen-bond donors (Lipinski definition) is 0. The van der Waals surface area contributed by atoms with Crippen LogP contribution in [0.25, 0.3) is 16.7 Å². The molecule has 3 rings (SSSR count). The van der Waals surface area contributed by atoms with Gasteiger partial charge >= 0.3 is 6.18 Å². The lowest BCUT2D eigenvalue weighted by Crippen LogP contribution is -2.09. The molecule has 0 radical (unpaired) electrons. The van der Waals surface area contributed by atoms with Crippen molar-refractivity contribution < 1.29 is 13.2 Å². The fourth-order valence-electron chi connectivity index (χ4n) is 2.06. The van der Waals surface area contributed by atoms with Gasteiger partial charge in [0.2, 0.25) is 0 Å². The minimum absolute atomic E-state index is 0.355. The highest BCUT2D eigenvalue weighted by atomic mass is 19.4. The van der Waals surface area contributed by atoms with Crippen molar-refractivity contribution in [3.63, 3.8) is 0 Å². The first kappa shape index (κ1) is 13.1. The fourth-order valence-corrected chi connectivity index (χ4v) is 2.06. The molecule has 0 bridgehead atoms. The number of para-hydroxylation sites is 1. The van der Waals surface area contributed by atoms with Crippen molar-refractivity contribution in [2.75, 3.05) is 0 Å². The van der Waals surface area contributed by atoms with E-state index >= 15 is 0 Å².